The first-order valence-electron chi connectivity index (χ1n) is 6.00. The van der Waals surface area contributed by atoms with E-state index in [2.05, 4.69) is 0 Å². The molecule has 1 heterocycles. The minimum absolute atomic E-state index is 0.280. The lowest BCUT2D eigenvalue weighted by Crippen LogP contribution is -2.22. The number of benzene rings is 1. The topological polar surface area (TPSA) is 65.0 Å². The Bertz CT molecular complexity index is 550. The van der Waals surface area contributed by atoms with Gasteiger partial charge < -0.3 is 19.3 Å². The average Bonchev–Trinajstić information content (AvgIpc) is 3.20. The molecule has 19 heavy (non-hydrogen) atoms. The summed E-state index contributed by atoms with van der Waals surface area (Å²) in [6.07, 6.45) is 1.16. The minimum atomic E-state index is -0.898. The first-order valence-corrected chi connectivity index (χ1v) is 6.38. The number of fused-ring (bicyclic) bond motifs is 1. The van der Waals surface area contributed by atoms with Crippen molar-refractivity contribution in [2.75, 3.05) is 20.3 Å². The van der Waals surface area contributed by atoms with Crippen molar-refractivity contribution in [3.63, 3.8) is 0 Å². The van der Waals surface area contributed by atoms with Crippen LogP contribution in [0.1, 0.15) is 18.4 Å². The van der Waals surface area contributed by atoms with Gasteiger partial charge in [-0.15, -0.1) is 0 Å². The Morgan fingerprint density at radius 2 is 2.11 bits per heavy atom. The van der Waals surface area contributed by atoms with E-state index in [-0.39, 0.29) is 5.02 Å². The van der Waals surface area contributed by atoms with Gasteiger partial charge in [0.2, 0.25) is 0 Å². The number of carboxylic acid groups (broad SMARTS) is 1. The minimum Gasteiger partial charge on any atom is -0.495 e. The first kappa shape index (κ1) is 12.4. The van der Waals surface area contributed by atoms with Gasteiger partial charge in [-0.05, 0) is 18.9 Å². The van der Waals surface area contributed by atoms with Gasteiger partial charge in [0.05, 0.1) is 12.5 Å². The van der Waals surface area contributed by atoms with Gasteiger partial charge in [-0.2, -0.15) is 0 Å². The molecule has 1 N–H and O–H groups in total. The SMILES string of the molecule is COc1c(C2(C(=O)O)CC2)cc2c(c1Cl)OCCO2. The van der Waals surface area contributed by atoms with E-state index < -0.39 is 11.4 Å². The Morgan fingerprint density at radius 1 is 1.42 bits per heavy atom. The molecule has 0 radical (unpaired) electrons. The second-order valence-corrected chi connectivity index (χ2v) is 5.06. The van der Waals surface area contributed by atoms with Gasteiger partial charge in [0.1, 0.15) is 24.0 Å². The van der Waals surface area contributed by atoms with Crippen molar-refractivity contribution in [1.29, 1.82) is 0 Å². The zero-order valence-electron chi connectivity index (χ0n) is 10.4. The standard InChI is InChI=1S/C13H13ClO5/c1-17-10-7(13(2-3-13)12(15)16)6-8-11(9(10)14)19-5-4-18-8/h6H,2-5H2,1H3,(H,15,16). The van der Waals surface area contributed by atoms with E-state index in [0.29, 0.717) is 48.9 Å². The van der Waals surface area contributed by atoms with Crippen molar-refractivity contribution in [3.05, 3.63) is 16.7 Å². The lowest BCUT2D eigenvalue weighted by molar-refractivity contribution is -0.140. The molecule has 1 aromatic carbocycles. The number of hydrogen-bond donors (Lipinski definition) is 1. The van der Waals surface area contributed by atoms with Crippen LogP contribution in [0.2, 0.25) is 5.02 Å². The molecule has 0 aromatic heterocycles. The van der Waals surface area contributed by atoms with E-state index in [9.17, 15) is 9.90 Å². The fourth-order valence-electron chi connectivity index (χ4n) is 2.41. The van der Waals surface area contributed by atoms with E-state index in [1.165, 1.54) is 7.11 Å². The molecule has 5 nitrogen and oxygen atoms in total. The maximum Gasteiger partial charge on any atom is 0.314 e. The molecule has 1 aromatic rings. The third kappa shape index (κ3) is 1.72. The van der Waals surface area contributed by atoms with Crippen molar-refractivity contribution >= 4 is 17.6 Å². The fraction of sp³-hybridized carbons (Fsp3) is 0.462. The highest BCUT2D eigenvalue weighted by Crippen LogP contribution is 2.56. The number of hydrogen-bond acceptors (Lipinski definition) is 4. The van der Waals surface area contributed by atoms with Crippen LogP contribution < -0.4 is 14.2 Å². The molecule has 102 valence electrons. The Kier molecular flexibility index (Phi) is 2.74. The van der Waals surface area contributed by atoms with Crippen molar-refractivity contribution in [2.24, 2.45) is 0 Å². The summed E-state index contributed by atoms with van der Waals surface area (Å²) in [6.45, 7) is 0.842. The smallest absolute Gasteiger partial charge is 0.314 e. The van der Waals surface area contributed by atoms with Crippen LogP contribution in [0.3, 0.4) is 0 Å². The molecule has 0 spiro atoms. The predicted octanol–water partition coefficient (Wildman–Crippen LogP) is 2.24. The van der Waals surface area contributed by atoms with Crippen molar-refractivity contribution in [1.82, 2.24) is 0 Å². The Labute approximate surface area is 115 Å². The van der Waals surface area contributed by atoms with Crippen LogP contribution >= 0.6 is 11.6 Å². The van der Waals surface area contributed by atoms with Crippen LogP contribution in [0.25, 0.3) is 0 Å². The quantitative estimate of drug-likeness (QED) is 0.922. The monoisotopic (exact) mass is 284 g/mol. The van der Waals surface area contributed by atoms with Crippen molar-refractivity contribution in [2.45, 2.75) is 18.3 Å². The van der Waals surface area contributed by atoms with E-state index in [0.717, 1.165) is 0 Å². The van der Waals surface area contributed by atoms with Crippen LogP contribution in [-0.4, -0.2) is 31.4 Å². The summed E-state index contributed by atoms with van der Waals surface area (Å²) in [6, 6.07) is 1.68. The Hall–Kier alpha value is -1.62. The number of ether oxygens (including phenoxy) is 3. The second-order valence-electron chi connectivity index (χ2n) is 4.68. The summed E-state index contributed by atoms with van der Waals surface area (Å²) in [5, 5.41) is 9.68. The molecule has 1 fully saturated rings. The zero-order valence-corrected chi connectivity index (χ0v) is 11.1. The number of carbonyl (C=O) groups is 1. The van der Waals surface area contributed by atoms with E-state index in [4.69, 9.17) is 25.8 Å². The summed E-state index contributed by atoms with van der Waals surface area (Å²) in [5.41, 5.74) is -0.332. The predicted molar refractivity (Wildman–Crippen MR) is 67.5 cm³/mol. The van der Waals surface area contributed by atoms with Gasteiger partial charge in [0, 0.05) is 5.56 Å². The van der Waals surface area contributed by atoms with E-state index in [1.807, 2.05) is 0 Å². The van der Waals surface area contributed by atoms with E-state index in [1.54, 1.807) is 6.07 Å². The lowest BCUT2D eigenvalue weighted by Gasteiger charge is -2.24. The molecule has 0 atom stereocenters. The fourth-order valence-corrected chi connectivity index (χ4v) is 2.73. The molecule has 1 aliphatic heterocycles. The van der Waals surface area contributed by atoms with Gasteiger partial charge in [0.15, 0.2) is 11.5 Å². The highest BCUT2D eigenvalue weighted by Gasteiger charge is 2.54. The number of halogens is 1. The lowest BCUT2D eigenvalue weighted by atomic mass is 9.94. The molecular formula is C13H13ClO5. The Morgan fingerprint density at radius 3 is 2.68 bits per heavy atom. The summed E-state index contributed by atoms with van der Waals surface area (Å²) in [5.74, 6) is 0.415. The van der Waals surface area contributed by atoms with E-state index >= 15 is 0 Å². The third-order valence-corrected chi connectivity index (χ3v) is 3.95. The van der Waals surface area contributed by atoms with Crippen LogP contribution in [0, 0.1) is 0 Å². The first-order chi connectivity index (χ1) is 9.10. The molecule has 1 aliphatic carbocycles. The molecule has 0 unspecified atom stereocenters. The average molecular weight is 285 g/mol. The largest absolute Gasteiger partial charge is 0.495 e. The summed E-state index contributed by atoms with van der Waals surface area (Å²) in [4.78, 5) is 11.5. The maximum absolute atomic E-state index is 11.5. The number of methoxy groups -OCH3 is 1. The second kappa shape index (κ2) is 4.20. The summed E-state index contributed by atoms with van der Waals surface area (Å²) >= 11 is 6.25. The molecule has 0 saturated heterocycles. The van der Waals surface area contributed by atoms with Crippen LogP contribution in [0.15, 0.2) is 6.07 Å². The van der Waals surface area contributed by atoms with Gasteiger partial charge in [-0.3, -0.25) is 4.79 Å². The molecule has 3 rings (SSSR count). The Balaban J connectivity index is 2.19. The third-order valence-electron chi connectivity index (χ3n) is 3.61. The molecule has 6 heteroatoms. The molecule has 0 bridgehead atoms. The normalized spacial score (nSPS) is 18.8. The zero-order chi connectivity index (χ0) is 13.6. The van der Waals surface area contributed by atoms with Crippen molar-refractivity contribution in [3.8, 4) is 17.2 Å². The van der Waals surface area contributed by atoms with Gasteiger partial charge >= 0.3 is 5.97 Å². The van der Waals surface area contributed by atoms with Gasteiger partial charge in [-0.25, -0.2) is 0 Å². The van der Waals surface area contributed by atoms with Crippen LogP contribution in [-0.2, 0) is 10.2 Å². The van der Waals surface area contributed by atoms with Gasteiger partial charge in [-0.1, -0.05) is 11.6 Å². The molecule has 0 amide bonds. The highest BCUT2D eigenvalue weighted by atomic mass is 35.5. The molecule has 1 saturated carbocycles. The number of rotatable bonds is 3. The maximum atomic E-state index is 11.5. The highest BCUT2D eigenvalue weighted by molar-refractivity contribution is 6.34. The summed E-state index contributed by atoms with van der Waals surface area (Å²) < 4.78 is 16.2. The molecule has 2 aliphatic rings. The number of carboxylic acids is 1. The van der Waals surface area contributed by atoms with Gasteiger partial charge in [0.25, 0.3) is 0 Å². The number of aliphatic carboxylic acids is 1. The summed E-state index contributed by atoms with van der Waals surface area (Å²) in [7, 11) is 1.47. The van der Waals surface area contributed by atoms with Crippen LogP contribution in [0.4, 0.5) is 0 Å². The molecular weight excluding hydrogens is 272 g/mol. The van der Waals surface area contributed by atoms with Crippen LogP contribution in [0.5, 0.6) is 17.2 Å². The van der Waals surface area contributed by atoms with Crippen molar-refractivity contribution < 1.29 is 24.1 Å².